The summed E-state index contributed by atoms with van der Waals surface area (Å²) in [7, 11) is -0.407. The van der Waals surface area contributed by atoms with Gasteiger partial charge in [0.05, 0.1) is 0 Å². The summed E-state index contributed by atoms with van der Waals surface area (Å²) in [5, 5.41) is 4.20. The van der Waals surface area contributed by atoms with Gasteiger partial charge in [-0.3, -0.25) is 0 Å². The molecule has 2 unspecified atom stereocenters. The van der Waals surface area contributed by atoms with E-state index in [2.05, 4.69) is 130 Å². The first-order valence-corrected chi connectivity index (χ1v) is 19.1. The zero-order valence-electron chi connectivity index (χ0n) is 25.6. The van der Waals surface area contributed by atoms with Crippen molar-refractivity contribution in [1.29, 1.82) is 0 Å². The Morgan fingerprint density at radius 2 is 1.03 bits per heavy atom. The van der Waals surface area contributed by atoms with E-state index in [1.807, 2.05) is 5.31 Å². The van der Waals surface area contributed by atoms with Crippen molar-refractivity contribution in [2.24, 2.45) is 11.8 Å². The summed E-state index contributed by atoms with van der Waals surface area (Å²) in [6.45, 7) is 24.7. The molecule has 2 aliphatic rings. The maximum Gasteiger partial charge on any atom is -1.00 e. The molecule has 0 fully saturated rings. The minimum atomic E-state index is -0.348. The Morgan fingerprint density at radius 1 is 0.641 bits per heavy atom. The number of allylic oxidation sites excluding steroid dienone is 2. The molecule has 4 rings (SSSR count). The zero-order chi connectivity index (χ0) is 27.1. The molecule has 2 aromatic rings. The molecule has 2 aromatic carbocycles. The van der Waals surface area contributed by atoms with Gasteiger partial charge in [-0.1, -0.05) is 0 Å². The maximum atomic E-state index is 2.65. The van der Waals surface area contributed by atoms with Crippen LogP contribution in [0.25, 0.3) is 12.2 Å². The number of hydrogen-bond acceptors (Lipinski definition) is 0. The number of rotatable bonds is 8. The van der Waals surface area contributed by atoms with Crippen LogP contribution in [0.2, 0.25) is 0 Å². The van der Waals surface area contributed by atoms with E-state index in [0.29, 0.717) is 18.8 Å². The zero-order valence-corrected chi connectivity index (χ0v) is 30.5. The van der Waals surface area contributed by atoms with Gasteiger partial charge in [0.25, 0.3) is 0 Å². The average molecular weight is 637 g/mol. The van der Waals surface area contributed by atoms with Crippen LogP contribution in [0.15, 0.2) is 59.2 Å². The Balaban J connectivity index is 0.00000267. The van der Waals surface area contributed by atoms with Crippen LogP contribution >= 0.6 is 15.8 Å². The van der Waals surface area contributed by atoms with E-state index >= 15 is 0 Å². The van der Waals surface area contributed by atoms with Gasteiger partial charge in [-0.25, -0.2) is 0 Å². The van der Waals surface area contributed by atoms with E-state index in [-0.39, 0.29) is 59.8 Å². The summed E-state index contributed by atoms with van der Waals surface area (Å²) in [5.41, 5.74) is 6.27. The SMILES string of the molecule is CC(C)CP(CC(C)C)C1=Cc2ccccc2[CH]1[Ti+2][CH]1C(P(C(C)(C)C)C(C)(C)C)=Cc2ccccc21.[Cl-].[Cl-]. The molecule has 0 aliphatic heterocycles. The summed E-state index contributed by atoms with van der Waals surface area (Å²) in [6.07, 6.45) is 8.04. The third kappa shape index (κ3) is 8.13. The van der Waals surface area contributed by atoms with Gasteiger partial charge in [-0.2, -0.15) is 0 Å². The van der Waals surface area contributed by atoms with Gasteiger partial charge in [-0.15, -0.1) is 0 Å². The Kier molecular flexibility index (Phi) is 12.7. The fraction of sp³-hybridized carbons (Fsp3) is 0.529. The molecule has 0 N–H and O–H groups in total. The second-order valence-corrected chi connectivity index (χ2v) is 22.3. The van der Waals surface area contributed by atoms with Gasteiger partial charge in [0.15, 0.2) is 0 Å². The van der Waals surface area contributed by atoms with Crippen LogP contribution in [0.1, 0.15) is 99.9 Å². The molecule has 2 aliphatic carbocycles. The molecule has 5 heteroatoms. The maximum absolute atomic E-state index is 2.65. The first-order valence-electron chi connectivity index (χ1n) is 14.2. The van der Waals surface area contributed by atoms with Crippen molar-refractivity contribution < 1.29 is 44.0 Å². The van der Waals surface area contributed by atoms with Crippen LogP contribution in [-0.4, -0.2) is 22.6 Å². The molecule has 0 saturated heterocycles. The summed E-state index contributed by atoms with van der Waals surface area (Å²) in [4.78, 5) is 0. The Bertz CT molecular complexity index is 1150. The van der Waals surface area contributed by atoms with Crippen LogP contribution in [0.5, 0.6) is 0 Å². The quantitative estimate of drug-likeness (QED) is 0.278. The molecule has 0 amide bonds. The smallest absolute Gasteiger partial charge is 1.00 e. The molecule has 212 valence electrons. The van der Waals surface area contributed by atoms with E-state index in [1.165, 1.54) is 23.5 Å². The molecule has 0 radical (unpaired) electrons. The van der Waals surface area contributed by atoms with Crippen molar-refractivity contribution in [2.45, 2.75) is 88.0 Å². The molecular formula is C34H48Cl2P2Ti. The largest absolute Gasteiger partial charge is 1.00 e. The fourth-order valence-electron chi connectivity index (χ4n) is 6.55. The molecule has 0 aromatic heterocycles. The van der Waals surface area contributed by atoms with Gasteiger partial charge >= 0.3 is 241 Å². The van der Waals surface area contributed by atoms with E-state index < -0.39 is 0 Å². The summed E-state index contributed by atoms with van der Waals surface area (Å²) >= 11 is -0.348. The third-order valence-corrected chi connectivity index (χ3v) is 18.1. The fourth-order valence-corrected chi connectivity index (χ4v) is 18.7. The number of halogens is 2. The van der Waals surface area contributed by atoms with Gasteiger partial charge in [0.1, 0.15) is 0 Å². The molecule has 0 saturated carbocycles. The van der Waals surface area contributed by atoms with Crippen molar-refractivity contribution in [3.63, 3.8) is 0 Å². The van der Waals surface area contributed by atoms with Crippen LogP contribution < -0.4 is 24.8 Å². The van der Waals surface area contributed by atoms with Crippen molar-refractivity contribution in [3.05, 3.63) is 81.4 Å². The van der Waals surface area contributed by atoms with Crippen molar-refractivity contribution in [2.75, 3.05) is 12.3 Å². The summed E-state index contributed by atoms with van der Waals surface area (Å²) < 4.78 is 1.30. The Morgan fingerprint density at radius 3 is 1.44 bits per heavy atom. The predicted octanol–water partition coefficient (Wildman–Crippen LogP) is 5.14. The monoisotopic (exact) mass is 636 g/mol. The molecule has 0 bridgehead atoms. The summed E-state index contributed by atoms with van der Waals surface area (Å²) in [6, 6.07) is 18.8. The minimum absolute atomic E-state index is 0. The van der Waals surface area contributed by atoms with Crippen molar-refractivity contribution in [1.82, 2.24) is 0 Å². The van der Waals surface area contributed by atoms with Crippen molar-refractivity contribution in [3.8, 4) is 0 Å². The standard InChI is InChI=1S/2C17H24P.2ClH.Ti/c1-16(2,3)18(17(4,5)6)15-11-13-9-7-8-10-14(13)12-15;1-13(2)11-18(12-14(3)4)17-9-15-7-5-6-8-16(15)10-17;;;/h7-12H,1-6H3;5-10,13-14H,11-12H2,1-4H3;2*1H;/q;;;;+2/p-2. The molecule has 0 nitrogen and oxygen atoms in total. The second-order valence-electron chi connectivity index (χ2n) is 13.8. The molecule has 39 heavy (non-hydrogen) atoms. The van der Waals surface area contributed by atoms with Crippen LogP contribution in [-0.2, 0) is 19.2 Å². The third-order valence-electron chi connectivity index (χ3n) is 7.28. The van der Waals surface area contributed by atoms with Gasteiger partial charge in [0.2, 0.25) is 0 Å². The number of hydrogen-bond donors (Lipinski definition) is 0. The van der Waals surface area contributed by atoms with Crippen LogP contribution in [0, 0.1) is 11.8 Å². The summed E-state index contributed by atoms with van der Waals surface area (Å²) in [5.74, 6) is 1.51. The normalized spacial score (nSPS) is 18.4. The number of fused-ring (bicyclic) bond motifs is 2. The second kappa shape index (κ2) is 14.0. The van der Waals surface area contributed by atoms with Gasteiger partial charge in [-0.05, 0) is 0 Å². The average Bonchev–Trinajstić information content (AvgIpc) is 3.30. The van der Waals surface area contributed by atoms with E-state index in [0.717, 1.165) is 11.8 Å². The van der Waals surface area contributed by atoms with Gasteiger partial charge in [0, 0.05) is 0 Å². The van der Waals surface area contributed by atoms with E-state index in [1.54, 1.807) is 16.4 Å². The van der Waals surface area contributed by atoms with E-state index in [4.69, 9.17) is 0 Å². The topological polar surface area (TPSA) is 0 Å². The molecule has 2 atom stereocenters. The van der Waals surface area contributed by atoms with Crippen LogP contribution in [0.4, 0.5) is 0 Å². The van der Waals surface area contributed by atoms with Crippen LogP contribution in [0.3, 0.4) is 0 Å². The van der Waals surface area contributed by atoms with Gasteiger partial charge < -0.3 is 24.8 Å². The predicted molar refractivity (Wildman–Crippen MR) is 167 cm³/mol. The number of benzene rings is 2. The Hall–Kier alpha value is 0.0743. The van der Waals surface area contributed by atoms with Crippen molar-refractivity contribution >= 4 is 28.0 Å². The molecule has 0 heterocycles. The minimum Gasteiger partial charge on any atom is -1.00 e. The molecular weight excluding hydrogens is 589 g/mol. The van der Waals surface area contributed by atoms with E-state index in [9.17, 15) is 0 Å². The molecule has 0 spiro atoms. The Labute approximate surface area is 263 Å². The first-order chi connectivity index (χ1) is 17.3. The first kappa shape index (κ1) is 35.3.